The first kappa shape index (κ1) is 16.8. The predicted molar refractivity (Wildman–Crippen MR) is 98.9 cm³/mol. The van der Waals surface area contributed by atoms with Crippen LogP contribution < -0.4 is 0 Å². The highest BCUT2D eigenvalue weighted by Crippen LogP contribution is 2.27. The number of aromatic nitrogens is 2. The third-order valence-corrected chi connectivity index (χ3v) is 4.35. The number of rotatable bonds is 4. The van der Waals surface area contributed by atoms with E-state index in [1.165, 1.54) is 6.08 Å². The molecule has 1 N–H and O–H groups in total. The molecule has 0 aliphatic heterocycles. The maximum Gasteiger partial charge on any atom is 0.185 e. The van der Waals surface area contributed by atoms with Gasteiger partial charge in [0.2, 0.25) is 0 Å². The van der Waals surface area contributed by atoms with E-state index in [4.69, 9.17) is 34.8 Å². The SMILES string of the molecule is O=C(C=Cc1cc(-c2ccc(Cl)c(Cl)c2)n[nH]1)c1ccc(Cl)cc1. The van der Waals surface area contributed by atoms with Crippen molar-refractivity contribution in [3.05, 3.63) is 80.9 Å². The van der Waals surface area contributed by atoms with Crippen molar-refractivity contribution in [2.24, 2.45) is 0 Å². The van der Waals surface area contributed by atoms with Gasteiger partial charge in [0.15, 0.2) is 5.78 Å². The Kier molecular flexibility index (Phi) is 5.05. The van der Waals surface area contributed by atoms with Crippen molar-refractivity contribution in [3.8, 4) is 11.3 Å². The van der Waals surface area contributed by atoms with Crippen molar-refractivity contribution >= 4 is 46.7 Å². The number of allylic oxidation sites excluding steroid dienone is 1. The first-order chi connectivity index (χ1) is 11.5. The van der Waals surface area contributed by atoms with Crippen LogP contribution in [0, 0.1) is 0 Å². The number of carbonyl (C=O) groups excluding carboxylic acids is 1. The Morgan fingerprint density at radius 2 is 1.71 bits per heavy atom. The zero-order valence-corrected chi connectivity index (χ0v) is 14.5. The first-order valence-electron chi connectivity index (χ1n) is 7.02. The molecule has 120 valence electrons. The molecule has 0 aliphatic rings. The second-order valence-corrected chi connectivity index (χ2v) is 6.29. The summed E-state index contributed by atoms with van der Waals surface area (Å²) in [4.78, 5) is 12.1. The normalized spacial score (nSPS) is 11.1. The van der Waals surface area contributed by atoms with Crippen molar-refractivity contribution in [2.45, 2.75) is 0 Å². The van der Waals surface area contributed by atoms with Gasteiger partial charge in [0.25, 0.3) is 0 Å². The molecule has 24 heavy (non-hydrogen) atoms. The molecule has 0 bridgehead atoms. The number of ketones is 1. The van der Waals surface area contributed by atoms with Crippen LogP contribution in [0.4, 0.5) is 0 Å². The highest BCUT2D eigenvalue weighted by Gasteiger charge is 2.06. The highest BCUT2D eigenvalue weighted by molar-refractivity contribution is 6.42. The molecule has 3 rings (SSSR count). The Hall–Kier alpha value is -2.07. The summed E-state index contributed by atoms with van der Waals surface area (Å²) in [5.74, 6) is -0.114. The van der Waals surface area contributed by atoms with Crippen LogP contribution in [0.5, 0.6) is 0 Å². The van der Waals surface area contributed by atoms with Gasteiger partial charge in [-0.25, -0.2) is 0 Å². The van der Waals surface area contributed by atoms with E-state index in [1.54, 1.807) is 42.5 Å². The lowest BCUT2D eigenvalue weighted by Crippen LogP contribution is -1.93. The first-order valence-corrected chi connectivity index (χ1v) is 8.15. The highest BCUT2D eigenvalue weighted by atomic mass is 35.5. The largest absolute Gasteiger partial charge is 0.289 e. The fraction of sp³-hybridized carbons (Fsp3) is 0. The summed E-state index contributed by atoms with van der Waals surface area (Å²) in [5, 5.41) is 8.63. The Balaban J connectivity index is 1.77. The van der Waals surface area contributed by atoms with Crippen molar-refractivity contribution in [1.29, 1.82) is 0 Å². The molecule has 0 amide bonds. The van der Waals surface area contributed by atoms with Crippen LogP contribution in [-0.4, -0.2) is 16.0 Å². The van der Waals surface area contributed by atoms with Crippen LogP contribution >= 0.6 is 34.8 Å². The molecule has 0 aliphatic carbocycles. The Bertz CT molecular complexity index is 914. The summed E-state index contributed by atoms with van der Waals surface area (Å²) in [6.07, 6.45) is 3.15. The molecule has 0 saturated heterocycles. The maximum absolute atomic E-state index is 12.1. The number of benzene rings is 2. The number of hydrogen-bond acceptors (Lipinski definition) is 2. The summed E-state index contributed by atoms with van der Waals surface area (Å²) in [5.41, 5.74) is 2.83. The molecule has 6 heteroatoms. The van der Waals surface area contributed by atoms with E-state index in [0.717, 1.165) is 5.56 Å². The van der Waals surface area contributed by atoms with Gasteiger partial charge in [-0.05, 0) is 54.6 Å². The van der Waals surface area contributed by atoms with Crippen molar-refractivity contribution in [2.75, 3.05) is 0 Å². The number of halogens is 3. The second kappa shape index (κ2) is 7.22. The van der Waals surface area contributed by atoms with E-state index in [1.807, 2.05) is 12.1 Å². The number of aromatic amines is 1. The van der Waals surface area contributed by atoms with Gasteiger partial charge in [-0.15, -0.1) is 0 Å². The number of nitrogens with zero attached hydrogens (tertiary/aromatic N) is 1. The topological polar surface area (TPSA) is 45.8 Å². The average Bonchev–Trinajstić information content (AvgIpc) is 3.05. The van der Waals surface area contributed by atoms with Crippen molar-refractivity contribution < 1.29 is 4.79 Å². The number of nitrogens with one attached hydrogen (secondary N) is 1. The number of carbonyl (C=O) groups is 1. The minimum atomic E-state index is -0.114. The molecule has 0 saturated carbocycles. The maximum atomic E-state index is 12.1. The van der Waals surface area contributed by atoms with Crippen LogP contribution in [0.1, 0.15) is 16.1 Å². The van der Waals surface area contributed by atoms with Gasteiger partial charge in [0, 0.05) is 16.1 Å². The number of H-pyrrole nitrogens is 1. The molecular weight excluding hydrogens is 367 g/mol. The smallest absolute Gasteiger partial charge is 0.185 e. The van der Waals surface area contributed by atoms with E-state index in [2.05, 4.69) is 10.2 Å². The predicted octanol–water partition coefficient (Wildman–Crippen LogP) is 5.93. The standard InChI is InChI=1S/C18H11Cl3N2O/c19-13-4-1-11(2-5-13)18(24)8-6-14-10-17(23-22-14)12-3-7-15(20)16(21)9-12/h1-10H,(H,22,23). The third-order valence-electron chi connectivity index (χ3n) is 3.36. The van der Waals surface area contributed by atoms with Gasteiger partial charge in [-0.1, -0.05) is 40.9 Å². The Morgan fingerprint density at radius 3 is 2.42 bits per heavy atom. The molecule has 0 unspecified atom stereocenters. The monoisotopic (exact) mass is 376 g/mol. The van der Waals surface area contributed by atoms with Crippen molar-refractivity contribution in [1.82, 2.24) is 10.2 Å². The molecule has 0 atom stereocenters. The van der Waals surface area contributed by atoms with Gasteiger partial charge >= 0.3 is 0 Å². The lowest BCUT2D eigenvalue weighted by atomic mass is 10.1. The van der Waals surface area contributed by atoms with Gasteiger partial charge in [0.1, 0.15) is 0 Å². The van der Waals surface area contributed by atoms with E-state index in [0.29, 0.717) is 32.0 Å². The Morgan fingerprint density at radius 1 is 0.958 bits per heavy atom. The van der Waals surface area contributed by atoms with E-state index < -0.39 is 0 Å². The van der Waals surface area contributed by atoms with E-state index in [9.17, 15) is 4.79 Å². The molecule has 3 nitrogen and oxygen atoms in total. The summed E-state index contributed by atoms with van der Waals surface area (Å²) in [7, 11) is 0. The molecule has 1 heterocycles. The summed E-state index contributed by atoms with van der Waals surface area (Å²) in [6.45, 7) is 0. The summed E-state index contributed by atoms with van der Waals surface area (Å²) >= 11 is 17.7. The molecule has 2 aromatic carbocycles. The molecule has 0 spiro atoms. The second-order valence-electron chi connectivity index (χ2n) is 5.04. The minimum Gasteiger partial charge on any atom is -0.289 e. The fourth-order valence-electron chi connectivity index (χ4n) is 2.10. The lowest BCUT2D eigenvalue weighted by Gasteiger charge is -1.98. The molecule has 0 radical (unpaired) electrons. The number of hydrogen-bond donors (Lipinski definition) is 1. The van der Waals surface area contributed by atoms with E-state index >= 15 is 0 Å². The van der Waals surface area contributed by atoms with Crippen LogP contribution in [0.15, 0.2) is 54.6 Å². The van der Waals surface area contributed by atoms with Crippen LogP contribution in [0.25, 0.3) is 17.3 Å². The molecule has 3 aromatic rings. The van der Waals surface area contributed by atoms with Gasteiger partial charge in [-0.2, -0.15) is 5.10 Å². The Labute approximate surface area is 153 Å². The fourth-order valence-corrected chi connectivity index (χ4v) is 2.53. The van der Waals surface area contributed by atoms with Crippen LogP contribution in [-0.2, 0) is 0 Å². The van der Waals surface area contributed by atoms with Crippen molar-refractivity contribution in [3.63, 3.8) is 0 Å². The molecule has 0 fully saturated rings. The van der Waals surface area contributed by atoms with Crippen LogP contribution in [0.2, 0.25) is 15.1 Å². The minimum absolute atomic E-state index is 0.114. The zero-order valence-electron chi connectivity index (χ0n) is 12.3. The lowest BCUT2D eigenvalue weighted by molar-refractivity contribution is 0.104. The van der Waals surface area contributed by atoms with Gasteiger partial charge < -0.3 is 0 Å². The third kappa shape index (κ3) is 3.88. The summed E-state index contributed by atoms with van der Waals surface area (Å²) in [6, 6.07) is 13.8. The van der Waals surface area contributed by atoms with Gasteiger partial charge in [-0.3, -0.25) is 9.89 Å². The quantitative estimate of drug-likeness (QED) is 0.452. The van der Waals surface area contributed by atoms with E-state index in [-0.39, 0.29) is 5.78 Å². The molecular formula is C18H11Cl3N2O. The van der Waals surface area contributed by atoms with Gasteiger partial charge in [0.05, 0.1) is 21.4 Å². The zero-order chi connectivity index (χ0) is 17.1. The average molecular weight is 378 g/mol. The summed E-state index contributed by atoms with van der Waals surface area (Å²) < 4.78 is 0. The molecule has 1 aromatic heterocycles. The van der Waals surface area contributed by atoms with Crippen LogP contribution in [0.3, 0.4) is 0 Å².